The number of anilines is 1. The fraction of sp³-hybridized carbons (Fsp3) is 0.409. The number of amides is 1. The topological polar surface area (TPSA) is 47.6 Å². The molecule has 0 heterocycles. The molecule has 140 valence electrons. The number of carbonyl (C=O) groups is 1. The molecule has 1 N–H and O–H groups in total. The summed E-state index contributed by atoms with van der Waals surface area (Å²) >= 11 is 0. The van der Waals surface area contributed by atoms with Crippen LogP contribution in [0.25, 0.3) is 0 Å². The minimum Gasteiger partial charge on any atom is -0.489 e. The second-order valence-electron chi connectivity index (χ2n) is 6.64. The molecule has 0 aliphatic carbocycles. The molecule has 0 fully saturated rings. The summed E-state index contributed by atoms with van der Waals surface area (Å²) in [6.45, 7) is 4.51. The third-order valence-electron chi connectivity index (χ3n) is 4.55. The van der Waals surface area contributed by atoms with Crippen molar-refractivity contribution in [1.82, 2.24) is 0 Å². The minimum absolute atomic E-state index is 0.117. The third kappa shape index (κ3) is 5.88. The Bertz CT molecular complexity index is 670. The molecule has 2 aromatic rings. The van der Waals surface area contributed by atoms with Crippen molar-refractivity contribution in [2.45, 2.75) is 51.7 Å². The van der Waals surface area contributed by atoms with Gasteiger partial charge < -0.3 is 14.8 Å². The van der Waals surface area contributed by atoms with Crippen LogP contribution in [0.1, 0.15) is 45.1 Å². The van der Waals surface area contributed by atoms with Crippen molar-refractivity contribution < 1.29 is 14.3 Å². The molecule has 2 aromatic carbocycles. The van der Waals surface area contributed by atoms with Crippen LogP contribution in [0.4, 0.5) is 5.69 Å². The van der Waals surface area contributed by atoms with E-state index in [9.17, 15) is 4.79 Å². The molecule has 0 aliphatic rings. The van der Waals surface area contributed by atoms with Gasteiger partial charge in [-0.2, -0.15) is 0 Å². The number of hydrogen-bond donors (Lipinski definition) is 1. The number of ether oxygens (including phenoxy) is 2. The van der Waals surface area contributed by atoms with Crippen LogP contribution in [0, 0.1) is 0 Å². The highest BCUT2D eigenvalue weighted by Gasteiger charge is 2.32. The predicted octanol–water partition coefficient (Wildman–Crippen LogP) is 5.19. The Morgan fingerprint density at radius 3 is 2.35 bits per heavy atom. The van der Waals surface area contributed by atoms with Crippen molar-refractivity contribution in [1.29, 1.82) is 0 Å². The maximum atomic E-state index is 12.6. The lowest BCUT2D eigenvalue weighted by Crippen LogP contribution is -2.41. The minimum atomic E-state index is -0.808. The number of unbranched alkanes of at least 4 members (excludes halogenated alkanes) is 2. The van der Waals surface area contributed by atoms with Gasteiger partial charge in [0.15, 0.2) is 0 Å². The maximum absolute atomic E-state index is 12.6. The summed E-state index contributed by atoms with van der Waals surface area (Å²) in [4.78, 5) is 12.6. The van der Waals surface area contributed by atoms with Crippen LogP contribution in [0.3, 0.4) is 0 Å². The van der Waals surface area contributed by atoms with E-state index in [-0.39, 0.29) is 5.91 Å². The summed E-state index contributed by atoms with van der Waals surface area (Å²) in [5, 5.41) is 2.94. The summed E-state index contributed by atoms with van der Waals surface area (Å²) in [5.41, 5.74) is 1.05. The van der Waals surface area contributed by atoms with Crippen molar-refractivity contribution in [2.75, 3.05) is 12.4 Å². The lowest BCUT2D eigenvalue weighted by molar-refractivity contribution is -0.136. The van der Waals surface area contributed by atoms with Crippen molar-refractivity contribution >= 4 is 11.6 Å². The van der Waals surface area contributed by atoms with Gasteiger partial charge in [-0.15, -0.1) is 0 Å². The van der Waals surface area contributed by atoms with Crippen LogP contribution < -0.4 is 10.1 Å². The summed E-state index contributed by atoms with van der Waals surface area (Å²) in [6, 6.07) is 17.4. The number of nitrogens with one attached hydrogen (secondary N) is 1. The van der Waals surface area contributed by atoms with Crippen LogP contribution in [-0.2, 0) is 16.1 Å². The normalized spacial score (nSPS) is 13.0. The van der Waals surface area contributed by atoms with Crippen molar-refractivity contribution in [3.63, 3.8) is 0 Å². The molecular weight excluding hydrogens is 326 g/mol. The number of hydrogen-bond acceptors (Lipinski definition) is 3. The Labute approximate surface area is 156 Å². The molecule has 1 amide bonds. The lowest BCUT2D eigenvalue weighted by Gasteiger charge is -2.27. The molecule has 0 bridgehead atoms. The second-order valence-corrected chi connectivity index (χ2v) is 6.64. The van der Waals surface area contributed by atoms with E-state index in [2.05, 4.69) is 12.2 Å². The van der Waals surface area contributed by atoms with E-state index in [0.717, 1.165) is 36.3 Å². The molecule has 0 saturated heterocycles. The fourth-order valence-corrected chi connectivity index (χ4v) is 2.66. The molecule has 2 rings (SSSR count). The summed E-state index contributed by atoms with van der Waals surface area (Å²) in [5.74, 6) is 0.651. The van der Waals surface area contributed by atoms with E-state index >= 15 is 0 Å². The molecule has 0 saturated carbocycles. The maximum Gasteiger partial charge on any atom is 0.256 e. The zero-order chi connectivity index (χ0) is 18.8. The molecule has 0 spiro atoms. The van der Waals surface area contributed by atoms with Gasteiger partial charge in [-0.05, 0) is 43.2 Å². The fourth-order valence-electron chi connectivity index (χ4n) is 2.66. The first kappa shape index (κ1) is 20.0. The van der Waals surface area contributed by atoms with Crippen LogP contribution in [-0.4, -0.2) is 18.6 Å². The van der Waals surface area contributed by atoms with Gasteiger partial charge in [0.2, 0.25) is 0 Å². The molecule has 4 heteroatoms. The van der Waals surface area contributed by atoms with Gasteiger partial charge in [0.05, 0.1) is 0 Å². The van der Waals surface area contributed by atoms with Crippen molar-refractivity contribution in [2.24, 2.45) is 0 Å². The Morgan fingerprint density at radius 1 is 1.04 bits per heavy atom. The molecule has 1 atom stereocenters. The van der Waals surface area contributed by atoms with E-state index in [1.54, 1.807) is 7.11 Å². The smallest absolute Gasteiger partial charge is 0.256 e. The van der Waals surface area contributed by atoms with Gasteiger partial charge in [0, 0.05) is 12.8 Å². The van der Waals surface area contributed by atoms with Crippen molar-refractivity contribution in [3.05, 3.63) is 60.2 Å². The quantitative estimate of drug-likeness (QED) is 0.597. The van der Waals surface area contributed by atoms with Gasteiger partial charge in [0.25, 0.3) is 5.91 Å². The first-order valence-corrected chi connectivity index (χ1v) is 9.21. The summed E-state index contributed by atoms with van der Waals surface area (Å²) in [7, 11) is 1.59. The van der Waals surface area contributed by atoms with Crippen LogP contribution >= 0.6 is 0 Å². The molecule has 4 nitrogen and oxygen atoms in total. The van der Waals surface area contributed by atoms with E-state index in [1.807, 2.05) is 61.5 Å². The number of carbonyl (C=O) groups excluding carboxylic acids is 1. The molecule has 0 radical (unpaired) electrons. The number of methoxy groups -OCH3 is 1. The third-order valence-corrected chi connectivity index (χ3v) is 4.55. The van der Waals surface area contributed by atoms with E-state index < -0.39 is 5.60 Å². The highest BCUT2D eigenvalue weighted by atomic mass is 16.5. The van der Waals surface area contributed by atoms with Gasteiger partial charge in [-0.1, -0.05) is 56.5 Å². The average Bonchev–Trinajstić information content (AvgIpc) is 2.68. The summed E-state index contributed by atoms with van der Waals surface area (Å²) < 4.78 is 11.3. The largest absolute Gasteiger partial charge is 0.489 e. The highest BCUT2D eigenvalue weighted by molar-refractivity contribution is 5.97. The second kappa shape index (κ2) is 9.97. The molecule has 26 heavy (non-hydrogen) atoms. The van der Waals surface area contributed by atoms with Crippen molar-refractivity contribution in [3.8, 4) is 5.75 Å². The predicted molar refractivity (Wildman–Crippen MR) is 105 cm³/mol. The Kier molecular flexibility index (Phi) is 7.67. The first-order chi connectivity index (χ1) is 12.6. The van der Waals surface area contributed by atoms with Crippen LogP contribution in [0.2, 0.25) is 0 Å². The zero-order valence-corrected chi connectivity index (χ0v) is 16.0. The van der Waals surface area contributed by atoms with Crippen LogP contribution in [0.15, 0.2) is 54.6 Å². The number of benzene rings is 2. The van der Waals surface area contributed by atoms with Gasteiger partial charge in [0.1, 0.15) is 18.0 Å². The Morgan fingerprint density at radius 2 is 1.73 bits per heavy atom. The molecule has 0 unspecified atom stereocenters. The first-order valence-electron chi connectivity index (χ1n) is 9.21. The highest BCUT2D eigenvalue weighted by Crippen LogP contribution is 2.23. The van der Waals surface area contributed by atoms with E-state index in [1.165, 1.54) is 0 Å². The molecular formula is C22H29NO3. The SMILES string of the molecule is CCCCC[C@](C)(OC)C(=O)Nc1ccc(OCc2ccccc2)cc1. The number of rotatable bonds is 10. The standard InChI is InChI=1S/C22H29NO3/c1-4-5-9-16-22(2,25-3)21(24)23-19-12-14-20(15-13-19)26-17-18-10-7-6-8-11-18/h6-8,10-15H,4-5,9,16-17H2,1-3H3,(H,23,24)/t22-/m0/s1. The lowest BCUT2D eigenvalue weighted by atomic mass is 9.97. The zero-order valence-electron chi connectivity index (χ0n) is 16.0. The van der Waals surface area contributed by atoms with E-state index in [0.29, 0.717) is 13.0 Å². The average molecular weight is 355 g/mol. The Balaban J connectivity index is 1.89. The molecule has 0 aromatic heterocycles. The van der Waals surface area contributed by atoms with Gasteiger partial charge in [-0.25, -0.2) is 0 Å². The van der Waals surface area contributed by atoms with E-state index in [4.69, 9.17) is 9.47 Å². The van der Waals surface area contributed by atoms with Gasteiger partial charge in [-0.3, -0.25) is 4.79 Å². The van der Waals surface area contributed by atoms with Crippen LogP contribution in [0.5, 0.6) is 5.75 Å². The summed E-state index contributed by atoms with van der Waals surface area (Å²) in [6.07, 6.45) is 3.90. The Hall–Kier alpha value is -2.33. The molecule has 0 aliphatic heterocycles. The van der Waals surface area contributed by atoms with Gasteiger partial charge >= 0.3 is 0 Å². The monoisotopic (exact) mass is 355 g/mol.